The van der Waals surface area contributed by atoms with Crippen LogP contribution in [0.15, 0.2) is 97.3 Å². The minimum absolute atomic E-state index is 0.191. The Balaban J connectivity index is 1.48. The highest BCUT2D eigenvalue weighted by Crippen LogP contribution is 2.27. The molecule has 8 nitrogen and oxygen atoms in total. The molecular formula is C26H20N4O4. The summed E-state index contributed by atoms with van der Waals surface area (Å²) in [6, 6.07) is 23.4. The molecule has 0 saturated heterocycles. The standard InChI is InChI=1S/C26H20N4O4/c31-25(19-6-2-1-3-7-19)21-9-10-23(24(16-21)30(33)34)28-17-18-5-4-8-22(15-18)29-26(32)20-11-13-27-14-12-20/h1-16,28H,17H2,(H,29,32). The van der Waals surface area contributed by atoms with E-state index in [1.54, 1.807) is 79.1 Å². The second kappa shape index (κ2) is 10.2. The molecule has 2 N–H and O–H groups in total. The number of carbonyl (C=O) groups excluding carboxylic acids is 2. The van der Waals surface area contributed by atoms with Gasteiger partial charge in [-0.2, -0.15) is 0 Å². The molecule has 0 bridgehead atoms. The van der Waals surface area contributed by atoms with Crippen LogP contribution in [0, 0.1) is 10.1 Å². The molecule has 0 aliphatic rings. The summed E-state index contributed by atoms with van der Waals surface area (Å²) in [5.41, 5.74) is 2.70. The smallest absolute Gasteiger partial charge is 0.293 e. The van der Waals surface area contributed by atoms with E-state index in [1.807, 2.05) is 6.07 Å². The molecule has 0 saturated carbocycles. The second-order valence-corrected chi connectivity index (χ2v) is 7.43. The van der Waals surface area contributed by atoms with Gasteiger partial charge in [-0.05, 0) is 42.0 Å². The highest BCUT2D eigenvalue weighted by atomic mass is 16.6. The lowest BCUT2D eigenvalue weighted by molar-refractivity contribution is -0.384. The van der Waals surface area contributed by atoms with Gasteiger partial charge in [-0.15, -0.1) is 0 Å². The number of aromatic nitrogens is 1. The van der Waals surface area contributed by atoms with Crippen molar-refractivity contribution in [1.82, 2.24) is 4.98 Å². The average molecular weight is 452 g/mol. The molecular weight excluding hydrogens is 432 g/mol. The third-order valence-electron chi connectivity index (χ3n) is 5.10. The van der Waals surface area contributed by atoms with Crippen molar-refractivity contribution >= 4 is 28.8 Å². The zero-order valence-corrected chi connectivity index (χ0v) is 18.0. The zero-order chi connectivity index (χ0) is 23.9. The fourth-order valence-electron chi connectivity index (χ4n) is 3.39. The summed E-state index contributed by atoms with van der Waals surface area (Å²) in [7, 11) is 0. The number of nitro benzene ring substituents is 1. The first kappa shape index (κ1) is 22.3. The molecule has 0 aliphatic heterocycles. The van der Waals surface area contributed by atoms with E-state index in [4.69, 9.17) is 0 Å². The summed E-state index contributed by atoms with van der Waals surface area (Å²) in [6.45, 7) is 0.284. The molecule has 4 aromatic rings. The Morgan fingerprint density at radius 1 is 0.824 bits per heavy atom. The number of nitro groups is 1. The number of hydrogen-bond acceptors (Lipinski definition) is 6. The van der Waals surface area contributed by atoms with Crippen LogP contribution >= 0.6 is 0 Å². The number of ketones is 1. The summed E-state index contributed by atoms with van der Waals surface area (Å²) in [4.78, 5) is 40.1. The van der Waals surface area contributed by atoms with Gasteiger partial charge in [0.15, 0.2) is 5.78 Å². The van der Waals surface area contributed by atoms with Crippen LogP contribution in [0.4, 0.5) is 17.1 Å². The number of hydrogen-bond donors (Lipinski definition) is 2. The number of carbonyl (C=O) groups is 2. The van der Waals surface area contributed by atoms with E-state index in [-0.39, 0.29) is 29.5 Å². The van der Waals surface area contributed by atoms with E-state index in [1.165, 1.54) is 12.1 Å². The van der Waals surface area contributed by atoms with Gasteiger partial charge in [0.05, 0.1) is 4.92 Å². The van der Waals surface area contributed by atoms with Gasteiger partial charge in [0, 0.05) is 47.4 Å². The molecule has 0 atom stereocenters. The molecule has 0 radical (unpaired) electrons. The Morgan fingerprint density at radius 2 is 1.59 bits per heavy atom. The van der Waals surface area contributed by atoms with Crippen molar-refractivity contribution in [3.8, 4) is 0 Å². The van der Waals surface area contributed by atoms with Crippen molar-refractivity contribution < 1.29 is 14.5 Å². The van der Waals surface area contributed by atoms with Crippen LogP contribution in [0.25, 0.3) is 0 Å². The number of nitrogens with zero attached hydrogens (tertiary/aromatic N) is 2. The van der Waals surface area contributed by atoms with E-state index in [9.17, 15) is 19.7 Å². The summed E-state index contributed by atoms with van der Waals surface area (Å²) >= 11 is 0. The van der Waals surface area contributed by atoms with Gasteiger partial charge in [0.1, 0.15) is 5.69 Å². The Morgan fingerprint density at radius 3 is 2.32 bits per heavy atom. The number of amides is 1. The SMILES string of the molecule is O=C(Nc1cccc(CNc2ccc(C(=O)c3ccccc3)cc2[N+](=O)[O-])c1)c1ccncc1. The lowest BCUT2D eigenvalue weighted by Crippen LogP contribution is -2.12. The van der Waals surface area contributed by atoms with Crippen molar-refractivity contribution in [3.63, 3.8) is 0 Å². The molecule has 0 fully saturated rings. The molecule has 34 heavy (non-hydrogen) atoms. The maximum Gasteiger partial charge on any atom is 0.293 e. The van der Waals surface area contributed by atoms with Gasteiger partial charge < -0.3 is 10.6 Å². The molecule has 168 valence electrons. The first-order chi connectivity index (χ1) is 16.5. The van der Waals surface area contributed by atoms with Crippen LogP contribution < -0.4 is 10.6 Å². The van der Waals surface area contributed by atoms with Crippen LogP contribution in [0.5, 0.6) is 0 Å². The minimum Gasteiger partial charge on any atom is -0.375 e. The van der Waals surface area contributed by atoms with Crippen molar-refractivity contribution in [2.24, 2.45) is 0 Å². The lowest BCUT2D eigenvalue weighted by Gasteiger charge is -2.11. The van der Waals surface area contributed by atoms with E-state index in [2.05, 4.69) is 15.6 Å². The molecule has 1 amide bonds. The van der Waals surface area contributed by atoms with E-state index >= 15 is 0 Å². The van der Waals surface area contributed by atoms with Crippen molar-refractivity contribution in [2.45, 2.75) is 6.54 Å². The third-order valence-corrected chi connectivity index (χ3v) is 5.10. The van der Waals surface area contributed by atoms with Crippen LogP contribution in [-0.2, 0) is 6.54 Å². The Bertz CT molecular complexity index is 1340. The topological polar surface area (TPSA) is 114 Å². The molecule has 1 aromatic heterocycles. The van der Waals surface area contributed by atoms with E-state index in [0.29, 0.717) is 22.5 Å². The fourth-order valence-corrected chi connectivity index (χ4v) is 3.39. The number of rotatable bonds is 8. The van der Waals surface area contributed by atoms with Crippen LogP contribution in [0.2, 0.25) is 0 Å². The first-order valence-corrected chi connectivity index (χ1v) is 10.4. The monoisotopic (exact) mass is 452 g/mol. The average Bonchev–Trinajstić information content (AvgIpc) is 2.88. The number of nitrogens with one attached hydrogen (secondary N) is 2. The molecule has 3 aromatic carbocycles. The van der Waals surface area contributed by atoms with Gasteiger partial charge >= 0.3 is 0 Å². The summed E-state index contributed by atoms with van der Waals surface area (Å²) in [5.74, 6) is -0.547. The lowest BCUT2D eigenvalue weighted by atomic mass is 10.0. The highest BCUT2D eigenvalue weighted by molar-refractivity contribution is 6.09. The predicted octanol–water partition coefficient (Wildman–Crippen LogP) is 5.09. The summed E-state index contributed by atoms with van der Waals surface area (Å²) < 4.78 is 0. The molecule has 0 unspecified atom stereocenters. The first-order valence-electron chi connectivity index (χ1n) is 10.4. The molecule has 1 heterocycles. The number of anilines is 2. The number of benzene rings is 3. The van der Waals surface area contributed by atoms with E-state index < -0.39 is 4.92 Å². The van der Waals surface area contributed by atoms with Crippen molar-refractivity contribution in [1.29, 1.82) is 0 Å². The maximum absolute atomic E-state index is 12.7. The maximum atomic E-state index is 12.7. The summed E-state index contributed by atoms with van der Waals surface area (Å²) in [6.07, 6.45) is 3.09. The van der Waals surface area contributed by atoms with Gasteiger partial charge in [-0.25, -0.2) is 0 Å². The number of pyridine rings is 1. The summed E-state index contributed by atoms with van der Waals surface area (Å²) in [5, 5.41) is 17.5. The highest BCUT2D eigenvalue weighted by Gasteiger charge is 2.18. The Kier molecular flexibility index (Phi) is 6.69. The Labute approximate surface area is 195 Å². The molecule has 4 rings (SSSR count). The van der Waals surface area contributed by atoms with Gasteiger partial charge in [-0.3, -0.25) is 24.7 Å². The van der Waals surface area contributed by atoms with Crippen LogP contribution in [0.3, 0.4) is 0 Å². The normalized spacial score (nSPS) is 10.4. The van der Waals surface area contributed by atoms with Gasteiger partial charge in [0.25, 0.3) is 11.6 Å². The Hall–Kier alpha value is -4.85. The minimum atomic E-state index is -0.518. The van der Waals surface area contributed by atoms with E-state index in [0.717, 1.165) is 5.56 Å². The fraction of sp³-hybridized carbons (Fsp3) is 0.0385. The predicted molar refractivity (Wildman–Crippen MR) is 129 cm³/mol. The molecule has 0 aliphatic carbocycles. The molecule has 8 heteroatoms. The third kappa shape index (κ3) is 5.31. The van der Waals surface area contributed by atoms with Crippen molar-refractivity contribution in [3.05, 3.63) is 130 Å². The largest absolute Gasteiger partial charge is 0.375 e. The van der Waals surface area contributed by atoms with Gasteiger partial charge in [0.2, 0.25) is 0 Å². The van der Waals surface area contributed by atoms with Crippen molar-refractivity contribution in [2.75, 3.05) is 10.6 Å². The van der Waals surface area contributed by atoms with Crippen LogP contribution in [-0.4, -0.2) is 21.6 Å². The second-order valence-electron chi connectivity index (χ2n) is 7.43. The molecule has 0 spiro atoms. The quantitative estimate of drug-likeness (QED) is 0.219. The van der Waals surface area contributed by atoms with Crippen LogP contribution in [0.1, 0.15) is 31.8 Å². The zero-order valence-electron chi connectivity index (χ0n) is 18.0. The van der Waals surface area contributed by atoms with Gasteiger partial charge in [-0.1, -0.05) is 42.5 Å².